The molecule has 0 spiro atoms. The number of sulfone groups is 1. The van der Waals surface area contributed by atoms with Gasteiger partial charge in [0.25, 0.3) is 0 Å². The number of carbonyl (C=O) groups excluding carboxylic acids is 2. The van der Waals surface area contributed by atoms with E-state index in [1.54, 1.807) is 57.4 Å². The van der Waals surface area contributed by atoms with Crippen molar-refractivity contribution in [1.82, 2.24) is 9.88 Å². The van der Waals surface area contributed by atoms with Crippen molar-refractivity contribution in [3.63, 3.8) is 0 Å². The Morgan fingerprint density at radius 3 is 2.56 bits per heavy atom. The fraction of sp³-hybridized carbons (Fsp3) is 0.367. The number of pyridine rings is 1. The highest BCUT2D eigenvalue weighted by molar-refractivity contribution is 7.91. The number of fused-ring (bicyclic) bond motifs is 1. The van der Waals surface area contributed by atoms with E-state index in [-0.39, 0.29) is 28.4 Å². The summed E-state index contributed by atoms with van der Waals surface area (Å²) < 4.78 is 43.1. The molecule has 11 heteroatoms. The maximum absolute atomic E-state index is 13.3. The monoisotopic (exact) mass is 582 g/mol. The summed E-state index contributed by atoms with van der Waals surface area (Å²) in [4.78, 5) is 30.5. The van der Waals surface area contributed by atoms with Gasteiger partial charge in [-0.15, -0.1) is 0 Å². The minimum atomic E-state index is -3.90. The molecule has 0 fully saturated rings. The van der Waals surface area contributed by atoms with Gasteiger partial charge in [-0.3, -0.25) is 4.98 Å². The standard InChI is InChI=1S/C30H34N2O8S/c1-30(2,3)40-29(35)32(19-26(33)22-8-6-14-31-17-22)18-23-11-10-20-15-25(12-13-27(20)39-23)41(36,37)24-9-5-7-21(16-24)28(34)38-4/h5-9,12-17,23,26,33H,10-11,18-19H2,1-4H3/t23-,26-/m1/s1. The fourth-order valence-corrected chi connectivity index (χ4v) is 5.80. The Labute approximate surface area is 239 Å². The predicted octanol–water partition coefficient (Wildman–Crippen LogP) is 4.37. The molecule has 1 N–H and O–H groups in total. The second-order valence-corrected chi connectivity index (χ2v) is 12.7. The minimum absolute atomic E-state index is 0.0184. The van der Waals surface area contributed by atoms with E-state index in [2.05, 4.69) is 4.98 Å². The summed E-state index contributed by atoms with van der Waals surface area (Å²) in [7, 11) is -2.67. The normalized spacial score (nSPS) is 15.7. The number of esters is 1. The van der Waals surface area contributed by atoms with Crippen LogP contribution in [0.3, 0.4) is 0 Å². The molecule has 0 aliphatic carbocycles. The molecule has 2 aromatic carbocycles. The van der Waals surface area contributed by atoms with E-state index in [4.69, 9.17) is 14.2 Å². The van der Waals surface area contributed by atoms with Crippen LogP contribution in [-0.4, -0.2) is 67.4 Å². The number of hydrogen-bond donors (Lipinski definition) is 1. The molecule has 1 aliphatic heterocycles. The predicted molar refractivity (Wildman–Crippen MR) is 149 cm³/mol. The van der Waals surface area contributed by atoms with Crippen molar-refractivity contribution in [3.05, 3.63) is 83.7 Å². The lowest BCUT2D eigenvalue weighted by molar-refractivity contribution is 0.00363. The highest BCUT2D eigenvalue weighted by Crippen LogP contribution is 2.32. The smallest absolute Gasteiger partial charge is 0.410 e. The molecule has 2 atom stereocenters. The van der Waals surface area contributed by atoms with Gasteiger partial charge in [0, 0.05) is 18.0 Å². The number of aryl methyl sites for hydroxylation is 1. The van der Waals surface area contributed by atoms with Crippen molar-refractivity contribution in [2.24, 2.45) is 0 Å². The largest absolute Gasteiger partial charge is 0.488 e. The van der Waals surface area contributed by atoms with Gasteiger partial charge in [-0.05, 0) is 81.6 Å². The second-order valence-electron chi connectivity index (χ2n) is 10.8. The van der Waals surface area contributed by atoms with Gasteiger partial charge in [0.2, 0.25) is 9.84 Å². The lowest BCUT2D eigenvalue weighted by Crippen LogP contribution is -2.45. The van der Waals surface area contributed by atoms with Gasteiger partial charge < -0.3 is 24.2 Å². The van der Waals surface area contributed by atoms with Crippen molar-refractivity contribution in [3.8, 4) is 5.75 Å². The molecule has 3 aromatic rings. The van der Waals surface area contributed by atoms with Gasteiger partial charge in [-0.2, -0.15) is 0 Å². The van der Waals surface area contributed by atoms with E-state index in [1.165, 1.54) is 42.3 Å². The number of methoxy groups -OCH3 is 1. The Kier molecular flexibility index (Phi) is 8.98. The Morgan fingerprint density at radius 2 is 1.88 bits per heavy atom. The average molecular weight is 583 g/mol. The number of nitrogens with zero attached hydrogens (tertiary/aromatic N) is 2. The van der Waals surface area contributed by atoms with Crippen molar-refractivity contribution >= 4 is 21.9 Å². The molecule has 4 rings (SSSR count). The third-order valence-corrected chi connectivity index (χ3v) is 8.22. The summed E-state index contributed by atoms with van der Waals surface area (Å²) >= 11 is 0. The van der Waals surface area contributed by atoms with Crippen molar-refractivity contribution in [1.29, 1.82) is 0 Å². The molecule has 218 valence electrons. The molecule has 10 nitrogen and oxygen atoms in total. The number of aliphatic hydroxyl groups excluding tert-OH is 1. The van der Waals surface area contributed by atoms with E-state index in [0.29, 0.717) is 29.7 Å². The third-order valence-electron chi connectivity index (χ3n) is 6.48. The van der Waals surface area contributed by atoms with E-state index in [1.807, 2.05) is 0 Å². The number of hydrogen-bond acceptors (Lipinski definition) is 9. The van der Waals surface area contributed by atoms with Crippen LogP contribution in [0.2, 0.25) is 0 Å². The summed E-state index contributed by atoms with van der Waals surface area (Å²) in [5.41, 5.74) is 0.695. The molecular weight excluding hydrogens is 548 g/mol. The molecule has 0 saturated carbocycles. The molecule has 1 amide bonds. The molecule has 0 saturated heterocycles. The highest BCUT2D eigenvalue weighted by atomic mass is 32.2. The number of aromatic nitrogens is 1. The van der Waals surface area contributed by atoms with Crippen molar-refractivity contribution < 1.29 is 37.3 Å². The van der Waals surface area contributed by atoms with Crippen LogP contribution in [0.15, 0.2) is 76.8 Å². The first-order valence-corrected chi connectivity index (χ1v) is 14.6. The first kappa shape index (κ1) is 30.0. The number of carbonyl (C=O) groups is 2. The second kappa shape index (κ2) is 12.3. The van der Waals surface area contributed by atoms with Gasteiger partial charge in [-0.1, -0.05) is 12.1 Å². The quantitative estimate of drug-likeness (QED) is 0.385. The van der Waals surface area contributed by atoms with E-state index >= 15 is 0 Å². The van der Waals surface area contributed by atoms with Crippen LogP contribution in [-0.2, 0) is 25.7 Å². The highest BCUT2D eigenvalue weighted by Gasteiger charge is 2.30. The SMILES string of the molecule is COC(=O)c1cccc(S(=O)(=O)c2ccc3c(c2)CC[C@H](CN(C[C@@H](O)c2cccnc2)C(=O)OC(C)(C)C)O3)c1. The van der Waals surface area contributed by atoms with Crippen molar-refractivity contribution in [2.75, 3.05) is 20.2 Å². The fourth-order valence-electron chi connectivity index (χ4n) is 4.44. The van der Waals surface area contributed by atoms with Gasteiger partial charge in [-0.25, -0.2) is 18.0 Å². The van der Waals surface area contributed by atoms with E-state index < -0.39 is 39.7 Å². The molecule has 2 heterocycles. The zero-order valence-electron chi connectivity index (χ0n) is 23.4. The number of amides is 1. The first-order chi connectivity index (χ1) is 19.4. The zero-order valence-corrected chi connectivity index (χ0v) is 24.3. The zero-order chi connectivity index (χ0) is 29.8. The molecule has 1 aliphatic rings. The Bertz CT molecular complexity index is 1500. The lowest BCUT2D eigenvalue weighted by atomic mass is 10.0. The van der Waals surface area contributed by atoms with Crippen LogP contribution < -0.4 is 4.74 Å². The van der Waals surface area contributed by atoms with Crippen molar-refractivity contribution in [2.45, 2.75) is 61.2 Å². The average Bonchev–Trinajstić information content (AvgIpc) is 2.95. The van der Waals surface area contributed by atoms with Crippen LogP contribution in [0.25, 0.3) is 0 Å². The van der Waals surface area contributed by atoms with Crippen LogP contribution in [0.1, 0.15) is 54.8 Å². The van der Waals surface area contributed by atoms with E-state index in [9.17, 15) is 23.1 Å². The van der Waals surface area contributed by atoms with Gasteiger partial charge in [0.1, 0.15) is 17.5 Å². The maximum atomic E-state index is 13.3. The van der Waals surface area contributed by atoms with Gasteiger partial charge >= 0.3 is 12.1 Å². The third kappa shape index (κ3) is 7.42. The number of rotatable bonds is 8. The summed E-state index contributed by atoms with van der Waals surface area (Å²) in [5, 5.41) is 10.8. The lowest BCUT2D eigenvalue weighted by Gasteiger charge is -2.33. The maximum Gasteiger partial charge on any atom is 0.410 e. The van der Waals surface area contributed by atoms with Gasteiger partial charge in [0.15, 0.2) is 0 Å². The van der Waals surface area contributed by atoms with Crippen LogP contribution in [0.4, 0.5) is 4.79 Å². The van der Waals surface area contributed by atoms with Gasteiger partial charge in [0.05, 0.1) is 41.7 Å². The Morgan fingerprint density at radius 1 is 1.12 bits per heavy atom. The molecule has 1 aromatic heterocycles. The summed E-state index contributed by atoms with van der Waals surface area (Å²) in [6.45, 7) is 5.45. The molecular formula is C30H34N2O8S. The molecule has 41 heavy (non-hydrogen) atoms. The minimum Gasteiger partial charge on any atom is -0.488 e. The topological polar surface area (TPSA) is 132 Å². The number of ether oxygens (including phenoxy) is 3. The van der Waals surface area contributed by atoms with E-state index in [0.717, 1.165) is 0 Å². The summed E-state index contributed by atoms with van der Waals surface area (Å²) in [5.74, 6) is -0.110. The first-order valence-electron chi connectivity index (χ1n) is 13.2. The van der Waals surface area contributed by atoms with Crippen LogP contribution in [0.5, 0.6) is 5.75 Å². The molecule has 0 radical (unpaired) electrons. The Hall–Kier alpha value is -3.96. The number of benzene rings is 2. The van der Waals surface area contributed by atoms with Crippen LogP contribution >= 0.6 is 0 Å². The number of aliphatic hydroxyl groups is 1. The molecule has 0 bridgehead atoms. The molecule has 0 unspecified atom stereocenters. The summed E-state index contributed by atoms with van der Waals surface area (Å²) in [6, 6.07) is 13.8. The Balaban J connectivity index is 1.51. The summed E-state index contributed by atoms with van der Waals surface area (Å²) in [6.07, 6.45) is 2.21. The van der Waals surface area contributed by atoms with Crippen LogP contribution in [0, 0.1) is 0 Å².